The summed E-state index contributed by atoms with van der Waals surface area (Å²) in [5.74, 6) is -1.03. The van der Waals surface area contributed by atoms with Gasteiger partial charge in [-0.1, -0.05) is 29.8 Å². The maximum Gasteiger partial charge on any atom is 0.329 e. The molecule has 7 heteroatoms. The topological polar surface area (TPSA) is 70.1 Å². The zero-order valence-electron chi connectivity index (χ0n) is 15.5. The standard InChI is InChI=1S/C21H23ClN2O4/c22-17-6-8-18(9-7-17)24(21(27)16-4-2-1-3-5-16)13-12-23-11-10-19(14-23)28-15-20(25)26/h1-9,19H,10-15H2,(H,25,26). The molecule has 0 saturated carbocycles. The van der Waals surface area contributed by atoms with Crippen LogP contribution in [0.3, 0.4) is 0 Å². The molecule has 1 aliphatic heterocycles. The van der Waals surface area contributed by atoms with Crippen molar-refractivity contribution in [3.8, 4) is 0 Å². The molecule has 1 amide bonds. The highest BCUT2D eigenvalue weighted by molar-refractivity contribution is 6.30. The Bertz CT molecular complexity index is 798. The third-order valence-electron chi connectivity index (χ3n) is 4.72. The summed E-state index contributed by atoms with van der Waals surface area (Å²) in [6.45, 7) is 2.40. The number of halogens is 1. The first-order chi connectivity index (χ1) is 13.5. The van der Waals surface area contributed by atoms with Crippen LogP contribution in [0.5, 0.6) is 0 Å². The van der Waals surface area contributed by atoms with Crippen LogP contribution in [0.25, 0.3) is 0 Å². The van der Waals surface area contributed by atoms with E-state index in [-0.39, 0.29) is 18.6 Å². The number of aliphatic carboxylic acids is 1. The fourth-order valence-corrected chi connectivity index (χ4v) is 3.40. The normalized spacial score (nSPS) is 16.8. The fraction of sp³-hybridized carbons (Fsp3) is 0.333. The first-order valence-corrected chi connectivity index (χ1v) is 9.59. The number of hydrogen-bond donors (Lipinski definition) is 1. The maximum absolute atomic E-state index is 13.1. The highest BCUT2D eigenvalue weighted by Crippen LogP contribution is 2.21. The largest absolute Gasteiger partial charge is 0.480 e. The van der Waals surface area contributed by atoms with Gasteiger partial charge in [0, 0.05) is 42.5 Å². The number of carbonyl (C=O) groups excluding carboxylic acids is 1. The van der Waals surface area contributed by atoms with E-state index in [9.17, 15) is 9.59 Å². The Labute approximate surface area is 169 Å². The quantitative estimate of drug-likeness (QED) is 0.734. The van der Waals surface area contributed by atoms with Crippen molar-refractivity contribution in [3.63, 3.8) is 0 Å². The van der Waals surface area contributed by atoms with E-state index >= 15 is 0 Å². The second kappa shape index (κ2) is 9.68. The number of benzene rings is 2. The van der Waals surface area contributed by atoms with Crippen LogP contribution in [0, 0.1) is 0 Å². The van der Waals surface area contributed by atoms with Crippen molar-refractivity contribution in [2.75, 3.05) is 37.7 Å². The van der Waals surface area contributed by atoms with Gasteiger partial charge in [0.15, 0.2) is 0 Å². The van der Waals surface area contributed by atoms with Gasteiger partial charge in [0.25, 0.3) is 5.91 Å². The molecule has 0 aliphatic carbocycles. The third kappa shape index (κ3) is 5.55. The van der Waals surface area contributed by atoms with Gasteiger partial charge < -0.3 is 14.7 Å². The van der Waals surface area contributed by atoms with Gasteiger partial charge in [0.2, 0.25) is 0 Å². The number of ether oxygens (including phenoxy) is 1. The van der Waals surface area contributed by atoms with Crippen molar-refractivity contribution in [1.29, 1.82) is 0 Å². The van der Waals surface area contributed by atoms with E-state index in [1.165, 1.54) is 0 Å². The number of hydrogen-bond acceptors (Lipinski definition) is 4. The first kappa shape index (κ1) is 20.3. The molecule has 1 aliphatic rings. The summed E-state index contributed by atoms with van der Waals surface area (Å²) in [5.41, 5.74) is 1.41. The van der Waals surface area contributed by atoms with Crippen molar-refractivity contribution in [3.05, 3.63) is 65.2 Å². The molecular formula is C21H23ClN2O4. The van der Waals surface area contributed by atoms with Crippen LogP contribution < -0.4 is 4.90 Å². The summed E-state index contributed by atoms with van der Waals surface area (Å²) in [5, 5.41) is 9.36. The molecule has 1 atom stereocenters. The molecule has 0 radical (unpaired) electrons. The van der Waals surface area contributed by atoms with Gasteiger partial charge in [-0.15, -0.1) is 0 Å². The molecular weight excluding hydrogens is 380 g/mol. The van der Waals surface area contributed by atoms with E-state index in [0.29, 0.717) is 30.2 Å². The molecule has 148 valence electrons. The van der Waals surface area contributed by atoms with Crippen LogP contribution in [-0.4, -0.2) is 60.8 Å². The Hall–Kier alpha value is -2.41. The number of anilines is 1. The molecule has 0 aromatic heterocycles. The molecule has 1 unspecified atom stereocenters. The number of amides is 1. The van der Waals surface area contributed by atoms with E-state index in [4.69, 9.17) is 21.4 Å². The van der Waals surface area contributed by atoms with Crippen LogP contribution in [0.4, 0.5) is 5.69 Å². The average Bonchev–Trinajstić information content (AvgIpc) is 3.16. The number of carboxylic acids is 1. The van der Waals surface area contributed by atoms with Gasteiger partial charge >= 0.3 is 5.97 Å². The second-order valence-electron chi connectivity index (χ2n) is 6.72. The SMILES string of the molecule is O=C(O)COC1CCN(CCN(C(=O)c2ccccc2)c2ccc(Cl)cc2)C1. The molecule has 1 fully saturated rings. The van der Waals surface area contributed by atoms with Crippen molar-refractivity contribution in [1.82, 2.24) is 4.90 Å². The molecule has 6 nitrogen and oxygen atoms in total. The molecule has 0 spiro atoms. The lowest BCUT2D eigenvalue weighted by Crippen LogP contribution is -2.38. The summed E-state index contributed by atoms with van der Waals surface area (Å²) in [7, 11) is 0. The number of carboxylic acid groups (broad SMARTS) is 1. The number of nitrogens with zero attached hydrogens (tertiary/aromatic N) is 2. The third-order valence-corrected chi connectivity index (χ3v) is 4.97. The minimum atomic E-state index is -0.958. The Morgan fingerprint density at radius 2 is 1.86 bits per heavy atom. The summed E-state index contributed by atoms with van der Waals surface area (Å²) >= 11 is 5.99. The predicted molar refractivity (Wildman–Crippen MR) is 108 cm³/mol. The number of rotatable bonds is 8. The van der Waals surface area contributed by atoms with E-state index in [1.54, 1.807) is 29.2 Å². The molecule has 3 rings (SSSR count). The Morgan fingerprint density at radius 1 is 1.14 bits per heavy atom. The predicted octanol–water partition coefficient (Wildman–Crippen LogP) is 3.16. The molecule has 1 heterocycles. The summed E-state index contributed by atoms with van der Waals surface area (Å²) in [4.78, 5) is 27.6. The number of carbonyl (C=O) groups is 2. The van der Waals surface area contributed by atoms with Crippen LogP contribution in [0.2, 0.25) is 5.02 Å². The Morgan fingerprint density at radius 3 is 2.54 bits per heavy atom. The van der Waals surface area contributed by atoms with E-state index in [2.05, 4.69) is 4.90 Å². The zero-order valence-corrected chi connectivity index (χ0v) is 16.2. The van der Waals surface area contributed by atoms with Gasteiger partial charge in [-0.2, -0.15) is 0 Å². The highest BCUT2D eigenvalue weighted by atomic mass is 35.5. The van der Waals surface area contributed by atoms with Crippen LogP contribution in [0.15, 0.2) is 54.6 Å². The lowest BCUT2D eigenvalue weighted by molar-refractivity contribution is -0.144. The molecule has 0 bridgehead atoms. The first-order valence-electron chi connectivity index (χ1n) is 9.21. The van der Waals surface area contributed by atoms with Crippen molar-refractivity contribution >= 4 is 29.2 Å². The van der Waals surface area contributed by atoms with Gasteiger partial charge in [-0.25, -0.2) is 4.79 Å². The van der Waals surface area contributed by atoms with Gasteiger partial charge in [0.1, 0.15) is 6.61 Å². The lowest BCUT2D eigenvalue weighted by Gasteiger charge is -2.26. The highest BCUT2D eigenvalue weighted by Gasteiger charge is 2.25. The minimum Gasteiger partial charge on any atom is -0.480 e. The van der Waals surface area contributed by atoms with Gasteiger partial charge in [-0.3, -0.25) is 9.69 Å². The Balaban J connectivity index is 1.65. The summed E-state index contributed by atoms with van der Waals surface area (Å²) < 4.78 is 5.38. The molecule has 1 N–H and O–H groups in total. The van der Waals surface area contributed by atoms with Gasteiger partial charge in [0.05, 0.1) is 6.10 Å². The monoisotopic (exact) mass is 402 g/mol. The van der Waals surface area contributed by atoms with Crippen LogP contribution in [0.1, 0.15) is 16.8 Å². The smallest absolute Gasteiger partial charge is 0.329 e. The van der Waals surface area contributed by atoms with Crippen molar-refractivity contribution < 1.29 is 19.4 Å². The van der Waals surface area contributed by atoms with E-state index in [1.807, 2.05) is 30.3 Å². The molecule has 2 aromatic carbocycles. The number of likely N-dealkylation sites (tertiary alicyclic amines) is 1. The van der Waals surface area contributed by atoms with Gasteiger partial charge in [-0.05, 0) is 42.8 Å². The summed E-state index contributed by atoms with van der Waals surface area (Å²) in [6, 6.07) is 16.4. The second-order valence-corrected chi connectivity index (χ2v) is 7.15. The Kier molecular flexibility index (Phi) is 7.03. The molecule has 2 aromatic rings. The van der Waals surface area contributed by atoms with Crippen molar-refractivity contribution in [2.24, 2.45) is 0 Å². The van der Waals surface area contributed by atoms with E-state index in [0.717, 1.165) is 18.7 Å². The zero-order chi connectivity index (χ0) is 19.9. The maximum atomic E-state index is 13.1. The van der Waals surface area contributed by atoms with Crippen LogP contribution in [-0.2, 0) is 9.53 Å². The fourth-order valence-electron chi connectivity index (χ4n) is 3.27. The molecule has 1 saturated heterocycles. The van der Waals surface area contributed by atoms with Crippen molar-refractivity contribution in [2.45, 2.75) is 12.5 Å². The minimum absolute atomic E-state index is 0.0687. The lowest BCUT2D eigenvalue weighted by atomic mass is 10.1. The average molecular weight is 403 g/mol. The molecule has 28 heavy (non-hydrogen) atoms. The summed E-state index contributed by atoms with van der Waals surface area (Å²) in [6.07, 6.45) is 0.714. The van der Waals surface area contributed by atoms with E-state index < -0.39 is 5.97 Å². The van der Waals surface area contributed by atoms with Crippen LogP contribution >= 0.6 is 11.6 Å².